The minimum atomic E-state index is -0.526. The Morgan fingerprint density at radius 3 is 2.80 bits per heavy atom. The van der Waals surface area contributed by atoms with E-state index < -0.39 is 5.63 Å². The highest BCUT2D eigenvalue weighted by Crippen LogP contribution is 2.33. The molecule has 1 aromatic carbocycles. The minimum absolute atomic E-state index is 0.00893. The van der Waals surface area contributed by atoms with Crippen molar-refractivity contribution in [3.8, 4) is 5.75 Å². The molecule has 0 aliphatic carbocycles. The van der Waals surface area contributed by atoms with Crippen LogP contribution in [0.25, 0.3) is 16.5 Å². The van der Waals surface area contributed by atoms with Crippen LogP contribution in [-0.2, 0) is 0 Å². The molecule has 1 aromatic heterocycles. The Kier molecular flexibility index (Phi) is 4.61. The lowest BCUT2D eigenvalue weighted by atomic mass is 9.96. The number of benzene rings is 1. The van der Waals surface area contributed by atoms with Crippen molar-refractivity contribution in [2.45, 2.75) is 39.5 Å². The van der Waals surface area contributed by atoms with E-state index in [0.717, 1.165) is 37.3 Å². The Balaban J connectivity index is 2.66. The van der Waals surface area contributed by atoms with Crippen LogP contribution < -0.4 is 5.63 Å². The summed E-state index contributed by atoms with van der Waals surface area (Å²) in [5, 5.41) is 10.7. The number of allylic oxidation sites excluding steroid dienone is 2. The van der Waals surface area contributed by atoms with Gasteiger partial charge in [-0.05, 0) is 30.0 Å². The van der Waals surface area contributed by atoms with Crippen LogP contribution in [0.4, 0.5) is 0 Å². The number of rotatable bonds is 5. The fourth-order valence-corrected chi connectivity index (χ4v) is 2.40. The molecule has 3 heteroatoms. The first-order valence-electron chi connectivity index (χ1n) is 7.12. The molecule has 3 nitrogen and oxygen atoms in total. The molecule has 0 amide bonds. The molecule has 106 valence electrons. The summed E-state index contributed by atoms with van der Waals surface area (Å²) in [6, 6.07) is 6.67. The second-order valence-corrected chi connectivity index (χ2v) is 4.90. The fourth-order valence-electron chi connectivity index (χ4n) is 2.40. The van der Waals surface area contributed by atoms with E-state index in [-0.39, 0.29) is 5.75 Å². The van der Waals surface area contributed by atoms with Crippen molar-refractivity contribution in [2.24, 2.45) is 0 Å². The SMILES string of the molecule is CCC/C=C(\CCC)c1cccc2oc(=O)cc(O)c12. The van der Waals surface area contributed by atoms with Gasteiger partial charge in [0.05, 0.1) is 11.5 Å². The number of hydrogen-bond donors (Lipinski definition) is 1. The molecule has 0 aliphatic rings. The summed E-state index contributed by atoms with van der Waals surface area (Å²) in [5.74, 6) is -0.00893. The van der Waals surface area contributed by atoms with E-state index >= 15 is 0 Å². The van der Waals surface area contributed by atoms with Gasteiger partial charge in [-0.1, -0.05) is 44.9 Å². The highest BCUT2D eigenvalue weighted by atomic mass is 16.4. The Bertz CT molecular complexity index is 680. The second-order valence-electron chi connectivity index (χ2n) is 4.90. The van der Waals surface area contributed by atoms with E-state index in [1.807, 2.05) is 12.1 Å². The van der Waals surface area contributed by atoms with Crippen LogP contribution in [0.5, 0.6) is 5.75 Å². The average Bonchev–Trinajstić information content (AvgIpc) is 2.42. The van der Waals surface area contributed by atoms with E-state index in [4.69, 9.17) is 4.42 Å². The molecule has 1 heterocycles. The Morgan fingerprint density at radius 1 is 1.30 bits per heavy atom. The van der Waals surface area contributed by atoms with Gasteiger partial charge in [-0.25, -0.2) is 4.79 Å². The molecule has 20 heavy (non-hydrogen) atoms. The zero-order valence-electron chi connectivity index (χ0n) is 12.0. The van der Waals surface area contributed by atoms with E-state index in [0.29, 0.717) is 11.0 Å². The van der Waals surface area contributed by atoms with Gasteiger partial charge in [-0.15, -0.1) is 0 Å². The maximum atomic E-state index is 11.3. The molecule has 1 N–H and O–H groups in total. The van der Waals surface area contributed by atoms with Gasteiger partial charge in [0.1, 0.15) is 11.3 Å². The highest BCUT2D eigenvalue weighted by Gasteiger charge is 2.12. The van der Waals surface area contributed by atoms with Gasteiger partial charge in [-0.3, -0.25) is 0 Å². The molecule has 0 bridgehead atoms. The van der Waals surface area contributed by atoms with Crippen LogP contribution >= 0.6 is 0 Å². The molecule has 2 rings (SSSR count). The number of aromatic hydroxyl groups is 1. The van der Waals surface area contributed by atoms with Crippen LogP contribution in [0.15, 0.2) is 39.6 Å². The lowest BCUT2D eigenvalue weighted by Crippen LogP contribution is -1.97. The molecule has 0 atom stereocenters. The highest BCUT2D eigenvalue weighted by molar-refractivity contribution is 5.94. The summed E-state index contributed by atoms with van der Waals surface area (Å²) in [6.07, 6.45) is 6.27. The molecule has 0 saturated carbocycles. The first-order valence-corrected chi connectivity index (χ1v) is 7.12. The summed E-state index contributed by atoms with van der Waals surface area (Å²) in [5.41, 5.74) is 2.07. The largest absolute Gasteiger partial charge is 0.507 e. The molecule has 0 spiro atoms. The first-order chi connectivity index (χ1) is 9.67. The molecule has 0 radical (unpaired) electrons. The summed E-state index contributed by atoms with van der Waals surface area (Å²) in [4.78, 5) is 11.3. The molecule has 0 aliphatic heterocycles. The minimum Gasteiger partial charge on any atom is -0.507 e. The predicted octanol–water partition coefficient (Wildman–Crippen LogP) is 4.48. The third-order valence-electron chi connectivity index (χ3n) is 3.29. The quantitative estimate of drug-likeness (QED) is 0.816. The van der Waals surface area contributed by atoms with Gasteiger partial charge in [0.15, 0.2) is 0 Å². The van der Waals surface area contributed by atoms with Crippen molar-refractivity contribution in [1.82, 2.24) is 0 Å². The third-order valence-corrected chi connectivity index (χ3v) is 3.29. The summed E-state index contributed by atoms with van der Waals surface area (Å²) in [7, 11) is 0. The predicted molar refractivity (Wildman–Crippen MR) is 81.9 cm³/mol. The van der Waals surface area contributed by atoms with Gasteiger partial charge in [0.2, 0.25) is 0 Å². The van der Waals surface area contributed by atoms with Gasteiger partial charge < -0.3 is 9.52 Å². The Morgan fingerprint density at radius 2 is 2.10 bits per heavy atom. The van der Waals surface area contributed by atoms with Crippen molar-refractivity contribution in [1.29, 1.82) is 0 Å². The Hall–Kier alpha value is -2.03. The number of fused-ring (bicyclic) bond motifs is 1. The lowest BCUT2D eigenvalue weighted by molar-refractivity contribution is 0.468. The second kappa shape index (κ2) is 6.42. The molecule has 0 unspecified atom stereocenters. The summed E-state index contributed by atoms with van der Waals surface area (Å²) in [6.45, 7) is 4.27. The first kappa shape index (κ1) is 14.4. The van der Waals surface area contributed by atoms with Gasteiger partial charge in [0.25, 0.3) is 0 Å². The molecule has 0 fully saturated rings. The van der Waals surface area contributed by atoms with E-state index in [1.165, 1.54) is 5.57 Å². The molecule has 2 aromatic rings. The maximum Gasteiger partial charge on any atom is 0.339 e. The smallest absolute Gasteiger partial charge is 0.339 e. The van der Waals surface area contributed by atoms with Crippen LogP contribution in [0.2, 0.25) is 0 Å². The van der Waals surface area contributed by atoms with Crippen molar-refractivity contribution >= 4 is 16.5 Å². The standard InChI is InChI=1S/C17H20O3/c1-3-5-8-12(7-4-2)13-9-6-10-15-17(13)14(18)11-16(19)20-15/h6,8-11,18H,3-5,7H2,1-2H3/b12-8+. The van der Waals surface area contributed by atoms with Crippen molar-refractivity contribution < 1.29 is 9.52 Å². The number of unbranched alkanes of at least 4 members (excludes halogenated alkanes) is 1. The zero-order chi connectivity index (χ0) is 14.5. The number of hydrogen-bond acceptors (Lipinski definition) is 3. The Labute approximate surface area is 118 Å². The van der Waals surface area contributed by atoms with E-state index in [2.05, 4.69) is 19.9 Å². The monoisotopic (exact) mass is 272 g/mol. The van der Waals surface area contributed by atoms with Gasteiger partial charge in [0, 0.05) is 0 Å². The van der Waals surface area contributed by atoms with Crippen molar-refractivity contribution in [2.75, 3.05) is 0 Å². The van der Waals surface area contributed by atoms with E-state index in [1.54, 1.807) is 6.07 Å². The third kappa shape index (κ3) is 2.93. The van der Waals surface area contributed by atoms with Gasteiger partial charge >= 0.3 is 5.63 Å². The van der Waals surface area contributed by atoms with E-state index in [9.17, 15) is 9.90 Å². The summed E-state index contributed by atoms with van der Waals surface area (Å²) < 4.78 is 5.17. The van der Waals surface area contributed by atoms with Gasteiger partial charge in [-0.2, -0.15) is 0 Å². The van der Waals surface area contributed by atoms with Crippen molar-refractivity contribution in [3.63, 3.8) is 0 Å². The summed E-state index contributed by atoms with van der Waals surface area (Å²) >= 11 is 0. The van der Waals surface area contributed by atoms with Crippen LogP contribution in [-0.4, -0.2) is 5.11 Å². The normalized spacial score (nSPS) is 12.0. The van der Waals surface area contributed by atoms with Crippen LogP contribution in [0.3, 0.4) is 0 Å². The average molecular weight is 272 g/mol. The molecular weight excluding hydrogens is 252 g/mol. The molecule has 0 saturated heterocycles. The fraction of sp³-hybridized carbons (Fsp3) is 0.353. The topological polar surface area (TPSA) is 50.4 Å². The molecular formula is C17H20O3. The lowest BCUT2D eigenvalue weighted by Gasteiger charge is -2.11. The van der Waals surface area contributed by atoms with Crippen LogP contribution in [0.1, 0.15) is 45.1 Å². The zero-order valence-corrected chi connectivity index (χ0v) is 12.0. The maximum absolute atomic E-state index is 11.3. The van der Waals surface area contributed by atoms with Crippen molar-refractivity contribution in [3.05, 3.63) is 46.3 Å². The van der Waals surface area contributed by atoms with Crippen LogP contribution in [0, 0.1) is 0 Å².